The number of hydrogen-bond donors (Lipinski definition) is 2. The Morgan fingerprint density at radius 3 is 2.83 bits per heavy atom. The van der Waals surface area contributed by atoms with Gasteiger partial charge in [-0.05, 0) is 46.6 Å². The van der Waals surface area contributed by atoms with Crippen molar-refractivity contribution in [3.63, 3.8) is 0 Å². The Bertz CT molecular complexity index is 116. The molecule has 0 amide bonds. The highest BCUT2D eigenvalue weighted by Gasteiger charge is 2.17. The van der Waals surface area contributed by atoms with E-state index in [1.165, 1.54) is 25.9 Å². The molecule has 0 spiro atoms. The largest absolute Gasteiger partial charge is 0.320 e. The van der Waals surface area contributed by atoms with Crippen LogP contribution in [0, 0.1) is 0 Å². The highest BCUT2D eigenvalue weighted by molar-refractivity contribution is 4.78. The number of rotatable bonds is 5. The molecule has 0 aromatic carbocycles. The molecule has 1 aliphatic heterocycles. The highest BCUT2D eigenvalue weighted by atomic mass is 15.2. The third-order valence-corrected chi connectivity index (χ3v) is 2.43. The van der Waals surface area contributed by atoms with Crippen LogP contribution in [0.5, 0.6) is 0 Å². The Hall–Kier alpha value is -0.120. The lowest BCUT2D eigenvalue weighted by molar-refractivity contribution is 0.397. The zero-order chi connectivity index (χ0) is 8.81. The third kappa shape index (κ3) is 3.52. The maximum absolute atomic E-state index is 3.57. The second-order valence-electron chi connectivity index (χ2n) is 3.66. The SMILES string of the molecule is CNCCCNC1CCN(C)C1. The molecule has 0 saturated carbocycles. The quantitative estimate of drug-likeness (QED) is 0.565. The number of hydrogen-bond acceptors (Lipinski definition) is 3. The van der Waals surface area contributed by atoms with Crippen LogP contribution < -0.4 is 10.6 Å². The molecule has 0 radical (unpaired) electrons. The smallest absolute Gasteiger partial charge is 0.0207 e. The molecule has 2 N–H and O–H groups in total. The van der Waals surface area contributed by atoms with Gasteiger partial charge in [-0.1, -0.05) is 0 Å². The summed E-state index contributed by atoms with van der Waals surface area (Å²) < 4.78 is 0. The minimum absolute atomic E-state index is 0.742. The van der Waals surface area contributed by atoms with Gasteiger partial charge in [-0.3, -0.25) is 0 Å². The van der Waals surface area contributed by atoms with Crippen molar-refractivity contribution in [3.8, 4) is 0 Å². The van der Waals surface area contributed by atoms with Crippen molar-refractivity contribution in [2.45, 2.75) is 18.9 Å². The first kappa shape index (κ1) is 9.96. The Labute approximate surface area is 75.5 Å². The first-order valence-corrected chi connectivity index (χ1v) is 4.89. The average molecular weight is 171 g/mol. The second kappa shape index (κ2) is 5.51. The molecular weight excluding hydrogens is 150 g/mol. The van der Waals surface area contributed by atoms with E-state index in [0.717, 1.165) is 19.1 Å². The molecule has 1 heterocycles. The predicted octanol–water partition coefficient (Wildman–Crippen LogP) is -0.110. The van der Waals surface area contributed by atoms with E-state index < -0.39 is 0 Å². The van der Waals surface area contributed by atoms with Crippen molar-refractivity contribution in [1.29, 1.82) is 0 Å². The number of nitrogens with zero attached hydrogens (tertiary/aromatic N) is 1. The number of nitrogens with one attached hydrogen (secondary N) is 2. The second-order valence-corrected chi connectivity index (χ2v) is 3.66. The van der Waals surface area contributed by atoms with Crippen molar-refractivity contribution in [2.24, 2.45) is 0 Å². The minimum atomic E-state index is 0.742. The summed E-state index contributed by atoms with van der Waals surface area (Å²) >= 11 is 0. The van der Waals surface area contributed by atoms with Gasteiger partial charge in [-0.15, -0.1) is 0 Å². The van der Waals surface area contributed by atoms with Gasteiger partial charge >= 0.3 is 0 Å². The number of likely N-dealkylation sites (tertiary alicyclic amines) is 1. The van der Waals surface area contributed by atoms with Crippen molar-refractivity contribution >= 4 is 0 Å². The minimum Gasteiger partial charge on any atom is -0.320 e. The molecular formula is C9H21N3. The number of likely N-dealkylation sites (N-methyl/N-ethyl adjacent to an activating group) is 1. The summed E-state index contributed by atoms with van der Waals surface area (Å²) in [6.45, 7) is 4.75. The van der Waals surface area contributed by atoms with Crippen LogP contribution in [0.3, 0.4) is 0 Å². The van der Waals surface area contributed by atoms with Crippen molar-refractivity contribution < 1.29 is 0 Å². The molecule has 1 fully saturated rings. The molecule has 3 nitrogen and oxygen atoms in total. The van der Waals surface area contributed by atoms with E-state index in [1.807, 2.05) is 7.05 Å². The highest BCUT2D eigenvalue weighted by Crippen LogP contribution is 2.05. The predicted molar refractivity (Wildman–Crippen MR) is 52.4 cm³/mol. The molecule has 1 saturated heterocycles. The molecule has 12 heavy (non-hydrogen) atoms. The molecule has 1 unspecified atom stereocenters. The standard InChI is InChI=1S/C9H21N3/c1-10-5-3-6-11-9-4-7-12(2)8-9/h9-11H,3-8H2,1-2H3. The van der Waals surface area contributed by atoms with Crippen LogP contribution in [-0.4, -0.2) is 51.2 Å². The Balaban J connectivity index is 1.93. The van der Waals surface area contributed by atoms with E-state index in [-0.39, 0.29) is 0 Å². The first-order valence-electron chi connectivity index (χ1n) is 4.89. The fourth-order valence-electron chi connectivity index (χ4n) is 1.67. The van der Waals surface area contributed by atoms with Gasteiger partial charge in [0.25, 0.3) is 0 Å². The van der Waals surface area contributed by atoms with E-state index in [1.54, 1.807) is 0 Å². The van der Waals surface area contributed by atoms with E-state index in [2.05, 4.69) is 22.6 Å². The van der Waals surface area contributed by atoms with Crippen molar-refractivity contribution in [2.75, 3.05) is 40.3 Å². The van der Waals surface area contributed by atoms with E-state index in [9.17, 15) is 0 Å². The first-order chi connectivity index (χ1) is 5.83. The van der Waals surface area contributed by atoms with Crippen molar-refractivity contribution in [1.82, 2.24) is 15.5 Å². The lowest BCUT2D eigenvalue weighted by atomic mass is 10.2. The summed E-state index contributed by atoms with van der Waals surface area (Å²) in [5.41, 5.74) is 0. The Morgan fingerprint density at radius 1 is 1.42 bits per heavy atom. The molecule has 1 aliphatic rings. The van der Waals surface area contributed by atoms with Crippen LogP contribution >= 0.6 is 0 Å². The summed E-state index contributed by atoms with van der Waals surface area (Å²) in [7, 11) is 4.19. The molecule has 0 bridgehead atoms. The maximum atomic E-state index is 3.57. The fraction of sp³-hybridized carbons (Fsp3) is 1.00. The maximum Gasteiger partial charge on any atom is 0.0207 e. The van der Waals surface area contributed by atoms with Gasteiger partial charge in [0.05, 0.1) is 0 Å². The molecule has 1 atom stereocenters. The van der Waals surface area contributed by atoms with Gasteiger partial charge < -0.3 is 15.5 Å². The van der Waals surface area contributed by atoms with Gasteiger partial charge in [0.2, 0.25) is 0 Å². The van der Waals surface area contributed by atoms with Gasteiger partial charge in [0.15, 0.2) is 0 Å². The lowest BCUT2D eigenvalue weighted by Gasteiger charge is -2.12. The van der Waals surface area contributed by atoms with E-state index in [4.69, 9.17) is 0 Å². The van der Waals surface area contributed by atoms with Gasteiger partial charge in [0.1, 0.15) is 0 Å². The molecule has 3 heteroatoms. The van der Waals surface area contributed by atoms with Crippen LogP contribution in [0.25, 0.3) is 0 Å². The average Bonchev–Trinajstić information content (AvgIpc) is 2.45. The van der Waals surface area contributed by atoms with E-state index >= 15 is 0 Å². The normalized spacial score (nSPS) is 25.0. The summed E-state index contributed by atoms with van der Waals surface area (Å²) in [4.78, 5) is 2.38. The zero-order valence-electron chi connectivity index (χ0n) is 8.27. The Morgan fingerprint density at radius 2 is 2.25 bits per heavy atom. The van der Waals surface area contributed by atoms with Gasteiger partial charge in [0, 0.05) is 12.6 Å². The van der Waals surface area contributed by atoms with Gasteiger partial charge in [-0.2, -0.15) is 0 Å². The third-order valence-electron chi connectivity index (χ3n) is 2.43. The Kier molecular flexibility index (Phi) is 4.58. The summed E-state index contributed by atoms with van der Waals surface area (Å²) in [5.74, 6) is 0. The molecule has 72 valence electrons. The van der Waals surface area contributed by atoms with Gasteiger partial charge in [-0.25, -0.2) is 0 Å². The van der Waals surface area contributed by atoms with Crippen molar-refractivity contribution in [3.05, 3.63) is 0 Å². The van der Waals surface area contributed by atoms with Crippen LogP contribution in [0.1, 0.15) is 12.8 Å². The summed E-state index contributed by atoms with van der Waals surface area (Å²) in [6, 6.07) is 0.742. The molecule has 0 aromatic rings. The monoisotopic (exact) mass is 171 g/mol. The summed E-state index contributed by atoms with van der Waals surface area (Å²) in [5, 5.41) is 6.72. The topological polar surface area (TPSA) is 27.3 Å². The fourth-order valence-corrected chi connectivity index (χ4v) is 1.67. The van der Waals surface area contributed by atoms with Crippen LogP contribution in [0.2, 0.25) is 0 Å². The van der Waals surface area contributed by atoms with Crippen LogP contribution in [-0.2, 0) is 0 Å². The zero-order valence-corrected chi connectivity index (χ0v) is 8.27. The molecule has 1 rings (SSSR count). The molecule has 0 aliphatic carbocycles. The lowest BCUT2D eigenvalue weighted by Crippen LogP contribution is -2.33. The van der Waals surface area contributed by atoms with E-state index in [0.29, 0.717) is 0 Å². The molecule has 0 aromatic heterocycles. The van der Waals surface area contributed by atoms with Crippen LogP contribution in [0.4, 0.5) is 0 Å². The van der Waals surface area contributed by atoms with Crippen LogP contribution in [0.15, 0.2) is 0 Å². The summed E-state index contributed by atoms with van der Waals surface area (Å²) in [6.07, 6.45) is 2.55.